The number of rotatable bonds is 8. The van der Waals surface area contributed by atoms with Crippen molar-refractivity contribution in [2.24, 2.45) is 5.73 Å². The van der Waals surface area contributed by atoms with Crippen LogP contribution in [0.15, 0.2) is 70.9 Å². The van der Waals surface area contributed by atoms with E-state index < -0.39 is 16.0 Å². The zero-order valence-electron chi connectivity index (χ0n) is 19.8. The number of benzene rings is 3. The Morgan fingerprint density at radius 1 is 1.08 bits per heavy atom. The lowest BCUT2D eigenvalue weighted by atomic mass is 9.83. The third-order valence-electron chi connectivity index (χ3n) is 5.54. The van der Waals surface area contributed by atoms with E-state index in [1.807, 2.05) is 13.0 Å². The van der Waals surface area contributed by atoms with E-state index in [4.69, 9.17) is 47.3 Å². The van der Waals surface area contributed by atoms with Crippen LogP contribution in [0.25, 0.3) is 0 Å². The molecule has 0 aromatic heterocycles. The van der Waals surface area contributed by atoms with Gasteiger partial charge in [0.15, 0.2) is 11.5 Å². The van der Waals surface area contributed by atoms with Gasteiger partial charge in [0.05, 0.1) is 24.7 Å². The Morgan fingerprint density at radius 3 is 2.54 bits per heavy atom. The summed E-state index contributed by atoms with van der Waals surface area (Å²) in [5.41, 5.74) is 7.59. The predicted octanol–water partition coefficient (Wildman–Crippen LogP) is 5.78. The molecule has 3 aromatic carbocycles. The van der Waals surface area contributed by atoms with Crippen LogP contribution in [0.5, 0.6) is 23.0 Å². The summed E-state index contributed by atoms with van der Waals surface area (Å²) in [7, 11) is -2.75. The molecular formula is C26H22Cl2N2O6S. The lowest BCUT2D eigenvalue weighted by Crippen LogP contribution is -2.21. The standard InChI is InChI=1S/C26H22Cl2N2O6S/c1-3-10-34-21-8-4-15(11-23(21)33-2)25-18-7-6-17(13-22(18)35-26(30)19(25)14-29)36-37(31,32)24-9-5-16(27)12-20(24)28/h4-9,11-13,25H,3,10,30H2,1-2H3. The van der Waals surface area contributed by atoms with Gasteiger partial charge >= 0.3 is 10.1 Å². The van der Waals surface area contributed by atoms with E-state index >= 15 is 0 Å². The maximum absolute atomic E-state index is 12.8. The van der Waals surface area contributed by atoms with Crippen LogP contribution in [0.4, 0.5) is 0 Å². The van der Waals surface area contributed by atoms with E-state index in [0.717, 1.165) is 6.42 Å². The second-order valence-corrected chi connectivity index (χ2v) is 10.4. The average Bonchev–Trinajstić information content (AvgIpc) is 2.86. The quantitative estimate of drug-likeness (QED) is 0.344. The molecule has 0 spiro atoms. The van der Waals surface area contributed by atoms with Gasteiger partial charge in [0, 0.05) is 16.7 Å². The molecular weight excluding hydrogens is 539 g/mol. The number of fused-ring (bicyclic) bond motifs is 1. The van der Waals surface area contributed by atoms with Crippen molar-refractivity contribution in [2.75, 3.05) is 13.7 Å². The van der Waals surface area contributed by atoms with Crippen molar-refractivity contribution in [1.82, 2.24) is 0 Å². The van der Waals surface area contributed by atoms with Crippen LogP contribution in [-0.2, 0) is 10.1 Å². The van der Waals surface area contributed by atoms with Crippen molar-refractivity contribution in [3.63, 3.8) is 0 Å². The van der Waals surface area contributed by atoms with E-state index in [-0.39, 0.29) is 37.9 Å². The van der Waals surface area contributed by atoms with Crippen molar-refractivity contribution in [2.45, 2.75) is 24.2 Å². The fraction of sp³-hybridized carbons (Fsp3) is 0.192. The molecule has 8 nitrogen and oxygen atoms in total. The van der Waals surface area contributed by atoms with Crippen molar-refractivity contribution in [3.05, 3.63) is 87.2 Å². The number of nitriles is 1. The number of ether oxygens (including phenoxy) is 3. The van der Waals surface area contributed by atoms with E-state index in [1.54, 1.807) is 18.2 Å². The first-order valence-electron chi connectivity index (χ1n) is 11.1. The number of nitrogens with two attached hydrogens (primary N) is 1. The largest absolute Gasteiger partial charge is 0.493 e. The van der Waals surface area contributed by atoms with Gasteiger partial charge in [-0.15, -0.1) is 0 Å². The average molecular weight is 561 g/mol. The van der Waals surface area contributed by atoms with Crippen LogP contribution in [0, 0.1) is 11.3 Å². The number of nitrogens with zero attached hydrogens (tertiary/aromatic N) is 1. The lowest BCUT2D eigenvalue weighted by Gasteiger charge is -2.27. The molecule has 0 fully saturated rings. The van der Waals surface area contributed by atoms with E-state index in [0.29, 0.717) is 29.2 Å². The monoisotopic (exact) mass is 560 g/mol. The van der Waals surface area contributed by atoms with Crippen LogP contribution in [0.2, 0.25) is 10.0 Å². The predicted molar refractivity (Wildman–Crippen MR) is 139 cm³/mol. The smallest absolute Gasteiger partial charge is 0.340 e. The van der Waals surface area contributed by atoms with E-state index in [1.165, 1.54) is 37.4 Å². The molecule has 3 aromatic rings. The highest BCUT2D eigenvalue weighted by Gasteiger charge is 2.32. The summed E-state index contributed by atoms with van der Waals surface area (Å²) in [5, 5.41) is 10.1. The summed E-state index contributed by atoms with van der Waals surface area (Å²) >= 11 is 11.9. The molecule has 192 valence electrons. The Kier molecular flexibility index (Phi) is 7.73. The fourth-order valence-corrected chi connectivity index (χ4v) is 5.55. The van der Waals surface area contributed by atoms with Crippen molar-refractivity contribution < 1.29 is 26.8 Å². The van der Waals surface area contributed by atoms with E-state index in [9.17, 15) is 13.7 Å². The van der Waals surface area contributed by atoms with Gasteiger partial charge in [-0.05, 0) is 48.4 Å². The summed E-state index contributed by atoms with van der Waals surface area (Å²) < 4.78 is 47.9. The molecule has 11 heteroatoms. The van der Waals surface area contributed by atoms with Crippen LogP contribution in [0.3, 0.4) is 0 Å². The molecule has 0 saturated heterocycles. The zero-order valence-corrected chi connectivity index (χ0v) is 22.2. The molecule has 0 bridgehead atoms. The summed E-state index contributed by atoms with van der Waals surface area (Å²) in [6, 6.07) is 15.9. The highest BCUT2D eigenvalue weighted by atomic mass is 35.5. The molecule has 2 N–H and O–H groups in total. The summed E-state index contributed by atoms with van der Waals surface area (Å²) in [6.45, 7) is 2.53. The van der Waals surface area contributed by atoms with Gasteiger partial charge in [0.25, 0.3) is 0 Å². The Labute approximate surface area is 224 Å². The van der Waals surface area contributed by atoms with Crippen LogP contribution < -0.4 is 24.1 Å². The second-order valence-electron chi connectivity index (χ2n) is 8.00. The third-order valence-corrected chi connectivity index (χ3v) is 7.51. The number of allylic oxidation sites excluding steroid dienone is 1. The number of methoxy groups -OCH3 is 1. The minimum absolute atomic E-state index is 0.0300. The minimum Gasteiger partial charge on any atom is -0.493 e. The molecule has 1 aliphatic rings. The third kappa shape index (κ3) is 5.42. The molecule has 37 heavy (non-hydrogen) atoms. The van der Waals surface area contributed by atoms with Crippen LogP contribution in [0.1, 0.15) is 30.4 Å². The molecule has 0 amide bonds. The first-order chi connectivity index (χ1) is 17.7. The molecule has 1 heterocycles. The molecule has 4 rings (SSSR count). The Balaban J connectivity index is 1.73. The summed E-state index contributed by atoms with van der Waals surface area (Å²) in [5.74, 6) is 0.580. The van der Waals surface area contributed by atoms with Gasteiger partial charge in [0.1, 0.15) is 28.0 Å². The Hall–Kier alpha value is -3.58. The Bertz CT molecular complexity index is 1530. The van der Waals surface area contributed by atoms with Crippen molar-refractivity contribution in [3.8, 4) is 29.1 Å². The molecule has 0 radical (unpaired) electrons. The number of hydrogen-bond acceptors (Lipinski definition) is 8. The van der Waals surface area contributed by atoms with Crippen molar-refractivity contribution >= 4 is 33.3 Å². The van der Waals surface area contributed by atoms with E-state index in [2.05, 4.69) is 6.07 Å². The normalized spacial score (nSPS) is 14.8. The van der Waals surface area contributed by atoms with Crippen LogP contribution >= 0.6 is 23.2 Å². The maximum atomic E-state index is 12.8. The fourth-order valence-electron chi connectivity index (χ4n) is 3.88. The van der Waals surface area contributed by atoms with Gasteiger partial charge in [-0.1, -0.05) is 42.3 Å². The molecule has 0 aliphatic carbocycles. The highest BCUT2D eigenvalue weighted by Crippen LogP contribution is 2.45. The topological polar surface area (TPSA) is 121 Å². The van der Waals surface area contributed by atoms with Gasteiger partial charge < -0.3 is 24.1 Å². The number of hydrogen-bond donors (Lipinski definition) is 1. The molecule has 1 unspecified atom stereocenters. The highest BCUT2D eigenvalue weighted by molar-refractivity contribution is 7.87. The zero-order chi connectivity index (χ0) is 26.7. The first-order valence-corrected chi connectivity index (χ1v) is 13.3. The summed E-state index contributed by atoms with van der Waals surface area (Å²) in [4.78, 5) is -0.237. The molecule has 0 saturated carbocycles. The Morgan fingerprint density at radius 2 is 1.86 bits per heavy atom. The molecule has 1 aliphatic heterocycles. The molecule has 1 atom stereocenters. The maximum Gasteiger partial charge on any atom is 0.340 e. The first kappa shape index (κ1) is 26.5. The van der Waals surface area contributed by atoms with Gasteiger partial charge in [-0.3, -0.25) is 0 Å². The second kappa shape index (κ2) is 10.8. The number of halogens is 2. The van der Waals surface area contributed by atoms with Crippen LogP contribution in [-0.4, -0.2) is 22.1 Å². The lowest BCUT2D eigenvalue weighted by molar-refractivity contribution is 0.294. The van der Waals surface area contributed by atoms with Crippen molar-refractivity contribution in [1.29, 1.82) is 5.26 Å². The minimum atomic E-state index is -4.28. The van der Waals surface area contributed by atoms with Gasteiger partial charge in [-0.25, -0.2) is 0 Å². The SMILES string of the molecule is CCCOc1ccc(C2C(C#N)=C(N)Oc3cc(OS(=O)(=O)c4ccc(Cl)cc4Cl)ccc32)cc1OC. The van der Waals surface area contributed by atoms with Gasteiger partial charge in [-0.2, -0.15) is 13.7 Å². The van der Waals surface area contributed by atoms with Gasteiger partial charge in [0.2, 0.25) is 5.88 Å². The summed E-state index contributed by atoms with van der Waals surface area (Å²) in [6.07, 6.45) is 0.834.